The minimum absolute atomic E-state index is 0.0119. The minimum Gasteiger partial charge on any atom is -0.458 e. The Bertz CT molecular complexity index is 1340. The number of aromatic nitrogens is 3. The molecule has 3 heterocycles. The molecule has 1 aliphatic rings. The van der Waals surface area contributed by atoms with Crippen molar-refractivity contribution in [2.45, 2.75) is 44.8 Å². The number of esters is 1. The van der Waals surface area contributed by atoms with Gasteiger partial charge in [-0.15, -0.1) is 0 Å². The number of carbonyl (C=O) groups excluding carboxylic acids is 1. The van der Waals surface area contributed by atoms with E-state index in [1.807, 2.05) is 35.0 Å². The van der Waals surface area contributed by atoms with E-state index >= 15 is 0 Å². The molecule has 174 valence electrons. The number of cyclic esters (lactones) is 1. The summed E-state index contributed by atoms with van der Waals surface area (Å²) in [4.78, 5) is 16.6. The third kappa shape index (κ3) is 4.38. The van der Waals surface area contributed by atoms with E-state index < -0.39 is 18.2 Å². The number of thiazole rings is 1. The fourth-order valence-corrected chi connectivity index (χ4v) is 5.07. The molecular weight excluding hydrogens is 453 g/mol. The lowest BCUT2D eigenvalue weighted by Crippen LogP contribution is -2.31. The van der Waals surface area contributed by atoms with Gasteiger partial charge in [-0.2, -0.15) is 5.10 Å². The fourth-order valence-electron chi connectivity index (χ4n) is 4.14. The molecule has 0 bridgehead atoms. The minimum atomic E-state index is -0.720. The normalized spacial score (nSPS) is 18.8. The maximum absolute atomic E-state index is 13.7. The maximum atomic E-state index is 13.7. The summed E-state index contributed by atoms with van der Waals surface area (Å²) in [6.07, 6.45) is 2.79. The number of hydrogen-bond donors (Lipinski definition) is 1. The van der Waals surface area contributed by atoms with Gasteiger partial charge in [0.2, 0.25) is 5.13 Å². The number of para-hydroxylation sites is 1. The van der Waals surface area contributed by atoms with Crippen molar-refractivity contribution in [3.05, 3.63) is 71.7 Å². The van der Waals surface area contributed by atoms with Gasteiger partial charge in [0.15, 0.2) is 0 Å². The summed E-state index contributed by atoms with van der Waals surface area (Å²) >= 11 is 1.53. The Morgan fingerprint density at radius 3 is 2.68 bits per heavy atom. The number of benzene rings is 2. The smallest absolute Gasteiger partial charge is 0.309 e. The molecule has 34 heavy (non-hydrogen) atoms. The van der Waals surface area contributed by atoms with E-state index in [1.54, 1.807) is 18.2 Å². The monoisotopic (exact) mass is 477 g/mol. The number of aliphatic hydroxyl groups is 1. The second-order valence-electron chi connectivity index (χ2n) is 8.67. The van der Waals surface area contributed by atoms with Crippen LogP contribution in [0.5, 0.6) is 0 Å². The average Bonchev–Trinajstić information content (AvgIpc) is 3.39. The van der Waals surface area contributed by atoms with Gasteiger partial charge in [-0.1, -0.05) is 43.4 Å². The lowest BCUT2D eigenvalue weighted by Gasteiger charge is -2.23. The Morgan fingerprint density at radius 2 is 1.97 bits per heavy atom. The van der Waals surface area contributed by atoms with Gasteiger partial charge in [0.25, 0.3) is 0 Å². The first-order valence-electron chi connectivity index (χ1n) is 11.2. The Morgan fingerprint density at radius 1 is 1.21 bits per heavy atom. The maximum Gasteiger partial charge on any atom is 0.309 e. The zero-order valence-electron chi connectivity index (χ0n) is 18.8. The Kier molecular flexibility index (Phi) is 6.02. The lowest BCUT2D eigenvalue weighted by molar-refractivity contribution is -0.156. The van der Waals surface area contributed by atoms with E-state index in [-0.39, 0.29) is 18.2 Å². The highest BCUT2D eigenvalue weighted by atomic mass is 32.1. The van der Waals surface area contributed by atoms with Crippen LogP contribution in [0.2, 0.25) is 0 Å². The third-order valence-electron chi connectivity index (χ3n) is 5.75. The van der Waals surface area contributed by atoms with Gasteiger partial charge in [0, 0.05) is 17.5 Å². The van der Waals surface area contributed by atoms with E-state index in [0.29, 0.717) is 11.6 Å². The molecule has 6 nitrogen and oxygen atoms in total. The molecule has 0 aliphatic carbocycles. The molecule has 0 unspecified atom stereocenters. The highest BCUT2D eigenvalue weighted by molar-refractivity contribution is 7.20. The van der Waals surface area contributed by atoms with E-state index in [4.69, 9.17) is 14.8 Å². The van der Waals surface area contributed by atoms with E-state index in [1.165, 1.54) is 23.5 Å². The van der Waals surface area contributed by atoms with Gasteiger partial charge < -0.3 is 9.84 Å². The molecular formula is C26H24FN3O3S. The summed E-state index contributed by atoms with van der Waals surface area (Å²) in [5, 5.41) is 15.6. The summed E-state index contributed by atoms with van der Waals surface area (Å²) in [5.41, 5.74) is 4.14. The highest BCUT2D eigenvalue weighted by Gasteiger charge is 2.27. The Labute approximate surface area is 200 Å². The first-order chi connectivity index (χ1) is 16.4. The highest BCUT2D eigenvalue weighted by Crippen LogP contribution is 2.36. The van der Waals surface area contributed by atoms with E-state index in [9.17, 15) is 14.3 Å². The number of rotatable bonds is 5. The van der Waals surface area contributed by atoms with Crippen molar-refractivity contribution in [1.29, 1.82) is 0 Å². The molecule has 1 fully saturated rings. The van der Waals surface area contributed by atoms with Crippen molar-refractivity contribution in [2.24, 2.45) is 0 Å². The molecule has 1 N–H and O–H groups in total. The summed E-state index contributed by atoms with van der Waals surface area (Å²) in [6.45, 7) is 4.11. The van der Waals surface area contributed by atoms with Crippen molar-refractivity contribution in [3.63, 3.8) is 0 Å². The quantitative estimate of drug-likeness (QED) is 0.385. The third-order valence-corrected chi connectivity index (χ3v) is 6.76. The second kappa shape index (κ2) is 9.12. The summed E-state index contributed by atoms with van der Waals surface area (Å²) in [7, 11) is 0. The van der Waals surface area contributed by atoms with Crippen LogP contribution >= 0.6 is 11.3 Å². The number of nitrogens with zero attached hydrogens (tertiary/aromatic N) is 3. The van der Waals surface area contributed by atoms with Crippen LogP contribution in [-0.2, 0) is 9.53 Å². The van der Waals surface area contributed by atoms with Gasteiger partial charge in [-0.05, 0) is 48.4 Å². The SMILES string of the molecule is CC(C)c1nn(-c2nc3ccccc3s2)c(-c2ccc(F)cc2)c1C=C[C@H]1C[C@H](O)CC(=O)O1. The fraction of sp³-hybridized carbons (Fsp3) is 0.269. The predicted molar refractivity (Wildman–Crippen MR) is 130 cm³/mol. The molecule has 5 rings (SSSR count). The first-order valence-corrected chi connectivity index (χ1v) is 12.0. The standard InChI is InChI=1S/C26H24FN3O3S/c1-15(2)24-20(12-11-19-13-18(31)14-23(32)33-19)25(16-7-9-17(27)10-8-16)30(29-24)26-28-21-5-3-4-6-22(21)34-26/h3-12,15,18-19,31H,13-14H2,1-2H3/t18-,19-/m0/s1. The van der Waals surface area contributed by atoms with Crippen molar-refractivity contribution in [2.75, 3.05) is 0 Å². The second-order valence-corrected chi connectivity index (χ2v) is 9.68. The number of halogens is 1. The number of aliphatic hydroxyl groups excluding tert-OH is 1. The lowest BCUT2D eigenvalue weighted by atomic mass is 9.98. The molecule has 0 radical (unpaired) electrons. The Hall–Kier alpha value is -3.36. The molecule has 4 aromatic rings. The van der Waals surface area contributed by atoms with Crippen LogP contribution in [-0.4, -0.2) is 38.0 Å². The van der Waals surface area contributed by atoms with Crippen LogP contribution in [0.1, 0.15) is 43.9 Å². The number of hydrogen-bond acceptors (Lipinski definition) is 6. The van der Waals surface area contributed by atoms with Crippen LogP contribution in [0.25, 0.3) is 32.7 Å². The van der Waals surface area contributed by atoms with Crippen LogP contribution in [0.3, 0.4) is 0 Å². The predicted octanol–water partition coefficient (Wildman–Crippen LogP) is 5.49. The molecule has 0 spiro atoms. The van der Waals surface area contributed by atoms with Crippen LogP contribution < -0.4 is 0 Å². The molecule has 2 aromatic heterocycles. The molecule has 0 saturated carbocycles. The molecule has 0 amide bonds. The van der Waals surface area contributed by atoms with Crippen LogP contribution in [0.15, 0.2) is 54.6 Å². The average molecular weight is 478 g/mol. The van der Waals surface area contributed by atoms with Gasteiger partial charge >= 0.3 is 5.97 Å². The van der Waals surface area contributed by atoms with Crippen molar-refractivity contribution < 1.29 is 19.0 Å². The van der Waals surface area contributed by atoms with Gasteiger partial charge in [-0.25, -0.2) is 14.1 Å². The Balaban J connectivity index is 1.68. The van der Waals surface area contributed by atoms with Crippen molar-refractivity contribution in [1.82, 2.24) is 14.8 Å². The van der Waals surface area contributed by atoms with Crippen LogP contribution in [0, 0.1) is 5.82 Å². The zero-order valence-corrected chi connectivity index (χ0v) is 19.6. The summed E-state index contributed by atoms with van der Waals surface area (Å²) in [5.74, 6) is -0.644. The number of ether oxygens (including phenoxy) is 1. The largest absolute Gasteiger partial charge is 0.458 e. The van der Waals surface area contributed by atoms with Gasteiger partial charge in [0.05, 0.1) is 34.1 Å². The summed E-state index contributed by atoms with van der Waals surface area (Å²) < 4.78 is 22.0. The molecule has 2 aromatic carbocycles. The van der Waals surface area contributed by atoms with E-state index in [2.05, 4.69) is 13.8 Å². The molecule has 1 saturated heterocycles. The van der Waals surface area contributed by atoms with Crippen molar-refractivity contribution in [3.8, 4) is 16.4 Å². The number of carbonyl (C=O) groups is 1. The summed E-state index contributed by atoms with van der Waals surface area (Å²) in [6, 6.07) is 14.2. The topological polar surface area (TPSA) is 77.2 Å². The van der Waals surface area contributed by atoms with Gasteiger partial charge in [0.1, 0.15) is 11.9 Å². The zero-order chi connectivity index (χ0) is 23.8. The molecule has 2 atom stereocenters. The van der Waals surface area contributed by atoms with Gasteiger partial charge in [-0.3, -0.25) is 4.79 Å². The van der Waals surface area contributed by atoms with Crippen LogP contribution in [0.4, 0.5) is 4.39 Å². The van der Waals surface area contributed by atoms with Crippen molar-refractivity contribution >= 4 is 33.6 Å². The number of fused-ring (bicyclic) bond motifs is 1. The van der Waals surface area contributed by atoms with E-state index in [0.717, 1.165) is 32.7 Å². The molecule has 8 heteroatoms. The molecule has 1 aliphatic heterocycles. The first kappa shape index (κ1) is 22.4.